The lowest BCUT2D eigenvalue weighted by molar-refractivity contribution is 0.0627. The molecule has 0 unspecified atom stereocenters. The molecule has 2 aliphatic heterocycles. The number of halogens is 1. The van der Waals surface area contributed by atoms with Crippen LogP contribution >= 0.6 is 11.6 Å². The van der Waals surface area contributed by atoms with E-state index in [0.29, 0.717) is 48.4 Å². The Labute approximate surface area is 169 Å². The highest BCUT2D eigenvalue weighted by Crippen LogP contribution is 2.38. The second kappa shape index (κ2) is 8.01. The number of rotatable bonds is 3. The van der Waals surface area contributed by atoms with Crippen molar-refractivity contribution in [2.75, 3.05) is 39.4 Å². The number of ether oxygens (including phenoxy) is 2. The quantitative estimate of drug-likeness (QED) is 0.781. The number of hydrogen-bond donors (Lipinski definition) is 0. The van der Waals surface area contributed by atoms with Crippen LogP contribution in [0.25, 0.3) is 0 Å². The molecule has 0 aliphatic carbocycles. The molecule has 0 atom stereocenters. The molecule has 8 heteroatoms. The smallest absolute Gasteiger partial charge is 0.254 e. The van der Waals surface area contributed by atoms with Crippen LogP contribution in [0.1, 0.15) is 33.8 Å². The highest BCUT2D eigenvalue weighted by Gasteiger charge is 2.26. The molecule has 1 fully saturated rings. The number of piperazine rings is 1. The monoisotopic (exact) mass is 405 g/mol. The Bertz CT molecular complexity index is 855. The summed E-state index contributed by atoms with van der Waals surface area (Å²) >= 11 is 6.34. The predicted molar refractivity (Wildman–Crippen MR) is 104 cm³/mol. The molecular formula is C20H24ClN3O4. The number of benzene rings is 1. The molecule has 28 heavy (non-hydrogen) atoms. The van der Waals surface area contributed by atoms with Crippen LogP contribution in [0.3, 0.4) is 0 Å². The van der Waals surface area contributed by atoms with E-state index >= 15 is 0 Å². The molecule has 0 spiro atoms. The largest absolute Gasteiger partial charge is 0.489 e. The van der Waals surface area contributed by atoms with Crippen molar-refractivity contribution >= 4 is 17.5 Å². The van der Waals surface area contributed by atoms with E-state index in [9.17, 15) is 4.79 Å². The van der Waals surface area contributed by atoms with Gasteiger partial charge in [0.1, 0.15) is 5.76 Å². The van der Waals surface area contributed by atoms with Gasteiger partial charge in [-0.05, 0) is 26.0 Å². The van der Waals surface area contributed by atoms with E-state index in [-0.39, 0.29) is 5.91 Å². The molecule has 1 aromatic heterocycles. The predicted octanol–water partition coefficient (Wildman–Crippen LogP) is 3.06. The Morgan fingerprint density at radius 2 is 1.89 bits per heavy atom. The Morgan fingerprint density at radius 3 is 2.61 bits per heavy atom. The zero-order chi connectivity index (χ0) is 19.7. The van der Waals surface area contributed by atoms with Crippen LogP contribution in [0, 0.1) is 13.8 Å². The summed E-state index contributed by atoms with van der Waals surface area (Å²) < 4.78 is 16.6. The fourth-order valence-electron chi connectivity index (χ4n) is 3.60. The van der Waals surface area contributed by atoms with Gasteiger partial charge in [0, 0.05) is 50.3 Å². The van der Waals surface area contributed by atoms with Gasteiger partial charge in [-0.2, -0.15) is 0 Å². The van der Waals surface area contributed by atoms with E-state index < -0.39 is 0 Å². The maximum absolute atomic E-state index is 13.0. The minimum Gasteiger partial charge on any atom is -0.489 e. The van der Waals surface area contributed by atoms with Crippen LogP contribution in [-0.2, 0) is 6.54 Å². The van der Waals surface area contributed by atoms with Crippen LogP contribution in [-0.4, -0.2) is 60.3 Å². The molecule has 0 bridgehead atoms. The minimum absolute atomic E-state index is 0.0328. The summed E-state index contributed by atoms with van der Waals surface area (Å²) in [6, 6.07) is 3.42. The third-order valence-corrected chi connectivity index (χ3v) is 5.55. The van der Waals surface area contributed by atoms with Gasteiger partial charge in [0.25, 0.3) is 5.91 Å². The topological polar surface area (TPSA) is 68.0 Å². The summed E-state index contributed by atoms with van der Waals surface area (Å²) in [6.07, 6.45) is 0.793. The van der Waals surface area contributed by atoms with E-state index in [2.05, 4.69) is 10.1 Å². The van der Waals surface area contributed by atoms with Crippen molar-refractivity contribution in [3.05, 3.63) is 39.7 Å². The van der Waals surface area contributed by atoms with Gasteiger partial charge in [0.15, 0.2) is 11.5 Å². The van der Waals surface area contributed by atoms with E-state index in [1.807, 2.05) is 18.7 Å². The molecule has 1 aromatic carbocycles. The number of aryl methyl sites for hydroxylation is 2. The Kier molecular flexibility index (Phi) is 5.46. The van der Waals surface area contributed by atoms with Crippen LogP contribution in [0.2, 0.25) is 5.02 Å². The van der Waals surface area contributed by atoms with Crippen molar-refractivity contribution in [1.82, 2.24) is 15.0 Å². The molecule has 3 heterocycles. The Hall–Kier alpha value is -2.25. The number of fused-ring (bicyclic) bond motifs is 1. The number of aromatic nitrogens is 1. The summed E-state index contributed by atoms with van der Waals surface area (Å²) in [4.78, 5) is 17.2. The number of nitrogens with zero attached hydrogens (tertiary/aromatic N) is 3. The number of hydrogen-bond acceptors (Lipinski definition) is 6. The summed E-state index contributed by atoms with van der Waals surface area (Å²) in [5.74, 6) is 1.90. The van der Waals surface area contributed by atoms with Crippen molar-refractivity contribution in [1.29, 1.82) is 0 Å². The summed E-state index contributed by atoms with van der Waals surface area (Å²) in [7, 11) is 0. The van der Waals surface area contributed by atoms with E-state index in [4.69, 9.17) is 25.6 Å². The van der Waals surface area contributed by atoms with E-state index in [0.717, 1.165) is 43.1 Å². The molecule has 2 aromatic rings. The number of amides is 1. The van der Waals surface area contributed by atoms with Gasteiger partial charge >= 0.3 is 0 Å². The number of carbonyl (C=O) groups is 1. The van der Waals surface area contributed by atoms with Gasteiger partial charge in [0.2, 0.25) is 0 Å². The van der Waals surface area contributed by atoms with Crippen molar-refractivity contribution in [3.8, 4) is 11.5 Å². The second-order valence-corrected chi connectivity index (χ2v) is 7.61. The maximum Gasteiger partial charge on any atom is 0.254 e. The standard InChI is InChI=1S/C20H24ClN3O4/c1-13-16(14(2)28-22-13)12-23-4-6-24(7-5-23)20(25)15-10-17(21)19-18(11-15)26-8-3-9-27-19/h10-11H,3-9,12H2,1-2H3. The van der Waals surface area contributed by atoms with Gasteiger partial charge in [-0.25, -0.2) is 0 Å². The SMILES string of the molecule is Cc1noc(C)c1CN1CCN(C(=O)c2cc(Cl)c3c(c2)OCCCO3)CC1. The highest BCUT2D eigenvalue weighted by atomic mass is 35.5. The average molecular weight is 406 g/mol. The molecule has 7 nitrogen and oxygen atoms in total. The Balaban J connectivity index is 1.41. The first-order valence-electron chi connectivity index (χ1n) is 9.55. The molecule has 1 saturated heterocycles. The summed E-state index contributed by atoms with van der Waals surface area (Å²) in [5, 5.41) is 4.43. The lowest BCUT2D eigenvalue weighted by Gasteiger charge is -2.34. The van der Waals surface area contributed by atoms with Crippen LogP contribution in [0.5, 0.6) is 11.5 Å². The molecule has 2 aliphatic rings. The van der Waals surface area contributed by atoms with Gasteiger partial charge in [-0.15, -0.1) is 0 Å². The summed E-state index contributed by atoms with van der Waals surface area (Å²) in [6.45, 7) is 8.72. The fourth-order valence-corrected chi connectivity index (χ4v) is 3.86. The summed E-state index contributed by atoms with van der Waals surface area (Å²) in [5.41, 5.74) is 2.60. The normalized spacial score (nSPS) is 17.5. The van der Waals surface area contributed by atoms with E-state index in [1.165, 1.54) is 0 Å². The molecule has 4 rings (SSSR count). The van der Waals surface area contributed by atoms with Crippen LogP contribution < -0.4 is 9.47 Å². The van der Waals surface area contributed by atoms with Crippen molar-refractivity contribution in [2.24, 2.45) is 0 Å². The third-order valence-electron chi connectivity index (χ3n) is 5.27. The Morgan fingerprint density at radius 1 is 1.14 bits per heavy atom. The van der Waals surface area contributed by atoms with Gasteiger partial charge < -0.3 is 18.9 Å². The molecule has 0 saturated carbocycles. The molecule has 150 valence electrons. The van der Waals surface area contributed by atoms with Crippen molar-refractivity contribution in [2.45, 2.75) is 26.8 Å². The van der Waals surface area contributed by atoms with Crippen LogP contribution in [0.4, 0.5) is 0 Å². The fraction of sp³-hybridized carbons (Fsp3) is 0.500. The minimum atomic E-state index is -0.0328. The first kappa shape index (κ1) is 19.1. The molecule has 0 N–H and O–H groups in total. The lowest BCUT2D eigenvalue weighted by atomic mass is 10.1. The molecular weight excluding hydrogens is 382 g/mol. The number of carbonyl (C=O) groups excluding carboxylic acids is 1. The van der Waals surface area contributed by atoms with E-state index in [1.54, 1.807) is 12.1 Å². The average Bonchev–Trinajstić information content (AvgIpc) is 2.89. The van der Waals surface area contributed by atoms with Crippen molar-refractivity contribution < 1.29 is 18.8 Å². The molecule has 1 amide bonds. The molecule has 0 radical (unpaired) electrons. The van der Waals surface area contributed by atoms with Gasteiger partial charge in [0.05, 0.1) is 23.9 Å². The van der Waals surface area contributed by atoms with Gasteiger partial charge in [-0.3, -0.25) is 9.69 Å². The zero-order valence-corrected chi connectivity index (χ0v) is 16.9. The lowest BCUT2D eigenvalue weighted by Crippen LogP contribution is -2.48. The zero-order valence-electron chi connectivity index (χ0n) is 16.2. The maximum atomic E-state index is 13.0. The van der Waals surface area contributed by atoms with Gasteiger partial charge in [-0.1, -0.05) is 16.8 Å². The van der Waals surface area contributed by atoms with Crippen LogP contribution in [0.15, 0.2) is 16.7 Å². The third kappa shape index (κ3) is 3.82. The van der Waals surface area contributed by atoms with Crippen molar-refractivity contribution in [3.63, 3.8) is 0 Å². The first-order chi connectivity index (χ1) is 13.5. The second-order valence-electron chi connectivity index (χ2n) is 7.21. The first-order valence-corrected chi connectivity index (χ1v) is 9.93. The highest BCUT2D eigenvalue weighted by molar-refractivity contribution is 6.32.